The van der Waals surface area contributed by atoms with Gasteiger partial charge in [-0.2, -0.15) is 5.26 Å². The fourth-order valence-electron chi connectivity index (χ4n) is 3.33. The Morgan fingerprint density at radius 2 is 1.76 bits per heavy atom. The standard InChI is InChI=1S/C25H21N5O2S/c1-32-22-14-8-9-19(17-22)24-27-28-25(30(24)21-12-6-3-7-13-21)33-18-23(31)29(16-15-26)20-10-4-2-5-11-20/h2-14,17H,16,18H2,1H3. The van der Waals surface area contributed by atoms with Crippen LogP contribution in [0, 0.1) is 11.3 Å². The fourth-order valence-corrected chi connectivity index (χ4v) is 4.16. The molecule has 0 fully saturated rings. The van der Waals surface area contributed by atoms with E-state index in [2.05, 4.69) is 16.3 Å². The molecule has 0 bridgehead atoms. The molecular weight excluding hydrogens is 434 g/mol. The minimum atomic E-state index is -0.182. The summed E-state index contributed by atoms with van der Waals surface area (Å²) >= 11 is 1.28. The normalized spacial score (nSPS) is 10.4. The molecule has 1 aromatic heterocycles. The Kier molecular flexibility index (Phi) is 7.03. The maximum atomic E-state index is 13.0. The van der Waals surface area contributed by atoms with Gasteiger partial charge >= 0.3 is 0 Å². The van der Waals surface area contributed by atoms with E-state index in [-0.39, 0.29) is 18.2 Å². The fraction of sp³-hybridized carbons (Fsp3) is 0.120. The molecule has 0 unspecified atom stereocenters. The average molecular weight is 456 g/mol. The summed E-state index contributed by atoms with van der Waals surface area (Å²) in [4.78, 5) is 14.5. The number of nitrogens with zero attached hydrogens (tertiary/aromatic N) is 5. The summed E-state index contributed by atoms with van der Waals surface area (Å²) < 4.78 is 7.28. The van der Waals surface area contributed by atoms with Crippen LogP contribution in [0.4, 0.5) is 5.69 Å². The Hall–Kier alpha value is -4.09. The maximum Gasteiger partial charge on any atom is 0.238 e. The average Bonchev–Trinajstić information content (AvgIpc) is 3.31. The van der Waals surface area contributed by atoms with E-state index in [9.17, 15) is 10.1 Å². The van der Waals surface area contributed by atoms with Crippen molar-refractivity contribution in [3.05, 3.63) is 84.9 Å². The van der Waals surface area contributed by atoms with Gasteiger partial charge in [0.25, 0.3) is 0 Å². The van der Waals surface area contributed by atoms with Crippen molar-refractivity contribution in [3.63, 3.8) is 0 Å². The van der Waals surface area contributed by atoms with Crippen molar-refractivity contribution in [2.45, 2.75) is 5.16 Å². The molecule has 0 aliphatic carbocycles. The molecule has 0 saturated carbocycles. The third kappa shape index (κ3) is 5.05. The molecule has 1 amide bonds. The van der Waals surface area contributed by atoms with E-state index < -0.39 is 0 Å². The van der Waals surface area contributed by atoms with Crippen molar-refractivity contribution < 1.29 is 9.53 Å². The molecule has 8 heteroatoms. The molecule has 33 heavy (non-hydrogen) atoms. The van der Waals surface area contributed by atoms with Crippen molar-refractivity contribution in [3.8, 4) is 28.9 Å². The van der Waals surface area contributed by atoms with Crippen molar-refractivity contribution in [2.24, 2.45) is 0 Å². The number of anilines is 1. The summed E-state index contributed by atoms with van der Waals surface area (Å²) in [5.41, 5.74) is 2.41. The number of methoxy groups -OCH3 is 1. The topological polar surface area (TPSA) is 84.0 Å². The van der Waals surface area contributed by atoms with Crippen molar-refractivity contribution in [1.29, 1.82) is 5.26 Å². The molecule has 4 aromatic rings. The lowest BCUT2D eigenvalue weighted by molar-refractivity contribution is -0.116. The second-order valence-corrected chi connectivity index (χ2v) is 7.91. The van der Waals surface area contributed by atoms with E-state index in [1.165, 1.54) is 16.7 Å². The summed E-state index contributed by atoms with van der Waals surface area (Å²) in [7, 11) is 1.62. The van der Waals surface area contributed by atoms with Crippen LogP contribution < -0.4 is 9.64 Å². The molecule has 0 saturated heterocycles. The first kappa shape index (κ1) is 22.1. The number of para-hydroxylation sites is 2. The van der Waals surface area contributed by atoms with Gasteiger partial charge in [-0.3, -0.25) is 14.3 Å². The van der Waals surface area contributed by atoms with E-state index >= 15 is 0 Å². The van der Waals surface area contributed by atoms with E-state index in [0.717, 1.165) is 17.0 Å². The van der Waals surface area contributed by atoms with E-state index in [4.69, 9.17) is 4.74 Å². The third-order valence-corrected chi connectivity index (χ3v) is 5.81. The summed E-state index contributed by atoms with van der Waals surface area (Å²) in [6.45, 7) is -0.0240. The molecule has 4 rings (SSSR count). The molecule has 0 aliphatic rings. The Morgan fingerprint density at radius 1 is 1.03 bits per heavy atom. The van der Waals surface area contributed by atoms with Gasteiger partial charge in [0.1, 0.15) is 12.3 Å². The molecule has 7 nitrogen and oxygen atoms in total. The smallest absolute Gasteiger partial charge is 0.238 e. The highest BCUT2D eigenvalue weighted by Gasteiger charge is 2.20. The molecular formula is C25H21N5O2S. The zero-order chi connectivity index (χ0) is 23.0. The Labute approximate surface area is 196 Å². The van der Waals surface area contributed by atoms with Gasteiger partial charge in [0.05, 0.1) is 18.9 Å². The minimum absolute atomic E-state index is 0.0240. The predicted molar refractivity (Wildman–Crippen MR) is 128 cm³/mol. The van der Waals surface area contributed by atoms with Crippen LogP contribution >= 0.6 is 11.8 Å². The first-order valence-electron chi connectivity index (χ1n) is 10.2. The lowest BCUT2D eigenvalue weighted by Crippen LogP contribution is -2.32. The predicted octanol–water partition coefficient (Wildman–Crippen LogP) is 4.59. The highest BCUT2D eigenvalue weighted by atomic mass is 32.2. The molecule has 0 N–H and O–H groups in total. The van der Waals surface area contributed by atoms with Gasteiger partial charge in [-0.25, -0.2) is 0 Å². The summed E-state index contributed by atoms with van der Waals surface area (Å²) in [6.07, 6.45) is 0. The van der Waals surface area contributed by atoms with E-state index in [1.807, 2.05) is 89.5 Å². The van der Waals surface area contributed by atoms with Crippen molar-refractivity contribution in [1.82, 2.24) is 14.8 Å². The number of rotatable bonds is 8. The molecule has 0 atom stereocenters. The lowest BCUT2D eigenvalue weighted by Gasteiger charge is -2.19. The van der Waals surface area contributed by atoms with Crippen LogP contribution in [0.2, 0.25) is 0 Å². The molecule has 0 radical (unpaired) electrons. The Balaban J connectivity index is 1.65. The van der Waals surface area contributed by atoms with Gasteiger partial charge in [-0.1, -0.05) is 60.3 Å². The highest BCUT2D eigenvalue weighted by molar-refractivity contribution is 7.99. The molecule has 1 heterocycles. The molecule has 164 valence electrons. The van der Waals surface area contributed by atoms with E-state index in [0.29, 0.717) is 16.7 Å². The molecule has 0 aliphatic heterocycles. The first-order chi connectivity index (χ1) is 16.2. The van der Waals surface area contributed by atoms with Gasteiger partial charge < -0.3 is 4.74 Å². The number of amides is 1. The number of nitriles is 1. The minimum Gasteiger partial charge on any atom is -0.497 e. The van der Waals surface area contributed by atoms with Gasteiger partial charge in [-0.15, -0.1) is 10.2 Å². The molecule has 3 aromatic carbocycles. The SMILES string of the molecule is COc1cccc(-c2nnc(SCC(=O)N(CC#N)c3ccccc3)n2-c2ccccc2)c1. The van der Waals surface area contributed by atoms with Crippen molar-refractivity contribution >= 4 is 23.4 Å². The molecule has 0 spiro atoms. The maximum absolute atomic E-state index is 13.0. The second kappa shape index (κ2) is 10.5. The Morgan fingerprint density at radius 3 is 2.45 bits per heavy atom. The number of thioether (sulfide) groups is 1. The highest BCUT2D eigenvalue weighted by Crippen LogP contribution is 2.30. The summed E-state index contributed by atoms with van der Waals surface area (Å²) in [5.74, 6) is 1.29. The Bertz CT molecular complexity index is 1270. The summed E-state index contributed by atoms with van der Waals surface area (Å²) in [6, 6.07) is 28.6. The zero-order valence-electron chi connectivity index (χ0n) is 18.0. The first-order valence-corrected chi connectivity index (χ1v) is 11.2. The number of hydrogen-bond acceptors (Lipinski definition) is 6. The lowest BCUT2D eigenvalue weighted by atomic mass is 10.2. The third-order valence-electron chi connectivity index (χ3n) is 4.90. The van der Waals surface area contributed by atoms with Crippen LogP contribution in [-0.4, -0.2) is 40.1 Å². The quantitative estimate of drug-likeness (QED) is 0.285. The van der Waals surface area contributed by atoms with E-state index in [1.54, 1.807) is 7.11 Å². The number of carbonyl (C=O) groups excluding carboxylic acids is 1. The monoisotopic (exact) mass is 455 g/mol. The van der Waals surface area contributed by atoms with Crippen LogP contribution in [0.25, 0.3) is 17.1 Å². The second-order valence-electron chi connectivity index (χ2n) is 6.97. The number of benzene rings is 3. The van der Waals surface area contributed by atoms with Gasteiger partial charge in [0, 0.05) is 16.9 Å². The largest absolute Gasteiger partial charge is 0.497 e. The van der Waals surface area contributed by atoms with Gasteiger partial charge in [-0.05, 0) is 36.4 Å². The zero-order valence-corrected chi connectivity index (χ0v) is 18.8. The number of ether oxygens (including phenoxy) is 1. The number of aromatic nitrogens is 3. The van der Waals surface area contributed by atoms with Gasteiger partial charge in [0.15, 0.2) is 11.0 Å². The van der Waals surface area contributed by atoms with Crippen LogP contribution in [0.1, 0.15) is 0 Å². The number of hydrogen-bond donors (Lipinski definition) is 0. The summed E-state index contributed by atoms with van der Waals surface area (Å²) in [5, 5.41) is 18.6. The van der Waals surface area contributed by atoms with Crippen LogP contribution in [-0.2, 0) is 4.79 Å². The van der Waals surface area contributed by atoms with Crippen LogP contribution in [0.15, 0.2) is 90.1 Å². The van der Waals surface area contributed by atoms with Crippen LogP contribution in [0.5, 0.6) is 5.75 Å². The number of carbonyl (C=O) groups is 1. The van der Waals surface area contributed by atoms with Crippen molar-refractivity contribution in [2.75, 3.05) is 24.3 Å². The van der Waals surface area contributed by atoms with Crippen LogP contribution in [0.3, 0.4) is 0 Å². The van der Waals surface area contributed by atoms with Gasteiger partial charge in [0.2, 0.25) is 5.91 Å².